The normalized spacial score (nSPS) is 33.7. The fourth-order valence-electron chi connectivity index (χ4n) is 3.67. The molecule has 1 amide bonds. The molecule has 1 heterocycles. The van der Waals surface area contributed by atoms with Gasteiger partial charge in [-0.2, -0.15) is 0 Å². The number of rotatable bonds is 6. The van der Waals surface area contributed by atoms with Gasteiger partial charge in [0.1, 0.15) is 5.54 Å². The Labute approximate surface area is 127 Å². The molecule has 5 heteroatoms. The Morgan fingerprint density at radius 3 is 2.90 bits per heavy atom. The molecule has 1 aliphatic heterocycles. The lowest BCUT2D eigenvalue weighted by Gasteiger charge is -2.65. The summed E-state index contributed by atoms with van der Waals surface area (Å²) in [5, 5.41) is 2.91. The first kappa shape index (κ1) is 16.5. The van der Waals surface area contributed by atoms with E-state index in [2.05, 4.69) is 11.9 Å². The van der Waals surface area contributed by atoms with Crippen LogP contribution in [-0.2, 0) is 14.3 Å². The summed E-state index contributed by atoms with van der Waals surface area (Å²) >= 11 is 0. The monoisotopic (exact) mass is 296 g/mol. The van der Waals surface area contributed by atoms with Crippen LogP contribution < -0.4 is 11.1 Å². The molecule has 120 valence electrons. The second kappa shape index (κ2) is 6.07. The van der Waals surface area contributed by atoms with Crippen LogP contribution in [0.2, 0.25) is 0 Å². The smallest absolute Gasteiger partial charge is 0.241 e. The molecular formula is C16H28N2O3. The molecule has 0 radical (unpaired) electrons. The number of hydrogen-bond acceptors (Lipinski definition) is 4. The molecule has 1 saturated carbocycles. The van der Waals surface area contributed by atoms with Gasteiger partial charge in [0.05, 0.1) is 19.3 Å². The van der Waals surface area contributed by atoms with Crippen LogP contribution in [-0.4, -0.2) is 43.9 Å². The number of ether oxygens (including phenoxy) is 2. The van der Waals surface area contributed by atoms with Crippen LogP contribution in [0.15, 0.2) is 12.2 Å². The first-order valence-corrected chi connectivity index (χ1v) is 7.72. The lowest BCUT2D eigenvalue weighted by atomic mass is 9.46. The highest BCUT2D eigenvalue weighted by Crippen LogP contribution is 2.57. The van der Waals surface area contributed by atoms with Crippen molar-refractivity contribution in [1.82, 2.24) is 5.32 Å². The van der Waals surface area contributed by atoms with Crippen LogP contribution in [0.25, 0.3) is 0 Å². The summed E-state index contributed by atoms with van der Waals surface area (Å²) in [6.45, 7) is 12.0. The van der Waals surface area contributed by atoms with E-state index in [1.165, 1.54) is 0 Å². The molecule has 0 spiro atoms. The Morgan fingerprint density at radius 1 is 1.52 bits per heavy atom. The number of hydrogen-bond donors (Lipinski definition) is 2. The van der Waals surface area contributed by atoms with Crippen LogP contribution in [0.3, 0.4) is 0 Å². The summed E-state index contributed by atoms with van der Waals surface area (Å²) < 4.78 is 11.2. The van der Waals surface area contributed by atoms with E-state index >= 15 is 0 Å². The van der Waals surface area contributed by atoms with Gasteiger partial charge in [0.2, 0.25) is 5.91 Å². The second-order valence-corrected chi connectivity index (χ2v) is 6.90. The molecule has 3 atom stereocenters. The summed E-state index contributed by atoms with van der Waals surface area (Å²) in [7, 11) is 0. The third kappa shape index (κ3) is 2.74. The van der Waals surface area contributed by atoms with E-state index < -0.39 is 5.54 Å². The summed E-state index contributed by atoms with van der Waals surface area (Å²) in [5.74, 6) is 0.0377. The van der Waals surface area contributed by atoms with E-state index in [1.807, 2.05) is 20.8 Å². The number of carbonyl (C=O) groups excluding carboxylic acids is 1. The Hall–Kier alpha value is -0.910. The van der Waals surface area contributed by atoms with Crippen molar-refractivity contribution in [2.24, 2.45) is 17.1 Å². The predicted molar refractivity (Wildman–Crippen MR) is 81.8 cm³/mol. The fourth-order valence-corrected chi connectivity index (χ4v) is 3.67. The molecule has 3 N–H and O–H groups in total. The van der Waals surface area contributed by atoms with Gasteiger partial charge in [-0.15, -0.1) is 0 Å². The lowest BCUT2D eigenvalue weighted by Crippen LogP contribution is -2.82. The molecule has 0 aromatic rings. The van der Waals surface area contributed by atoms with Gasteiger partial charge in [0.15, 0.2) is 0 Å². The molecule has 21 heavy (non-hydrogen) atoms. The molecule has 0 aromatic heterocycles. The quantitative estimate of drug-likeness (QED) is 0.571. The number of amides is 1. The van der Waals surface area contributed by atoms with E-state index in [-0.39, 0.29) is 23.3 Å². The van der Waals surface area contributed by atoms with Gasteiger partial charge in [0, 0.05) is 24.5 Å². The summed E-state index contributed by atoms with van der Waals surface area (Å²) in [4.78, 5) is 12.5. The summed E-state index contributed by atoms with van der Waals surface area (Å²) in [6.07, 6.45) is 2.04. The van der Waals surface area contributed by atoms with E-state index in [9.17, 15) is 4.79 Å². The highest BCUT2D eigenvalue weighted by Gasteiger charge is 2.70. The highest BCUT2D eigenvalue weighted by atomic mass is 16.5. The topological polar surface area (TPSA) is 73.6 Å². The molecule has 0 bridgehead atoms. The molecule has 0 aromatic carbocycles. The van der Waals surface area contributed by atoms with Crippen LogP contribution >= 0.6 is 0 Å². The first-order chi connectivity index (χ1) is 9.81. The molecular weight excluding hydrogens is 268 g/mol. The molecule has 1 saturated heterocycles. The van der Waals surface area contributed by atoms with Crippen molar-refractivity contribution < 1.29 is 14.3 Å². The minimum absolute atomic E-state index is 0.0850. The maximum atomic E-state index is 12.5. The van der Waals surface area contributed by atoms with Crippen LogP contribution in [0.5, 0.6) is 0 Å². The Morgan fingerprint density at radius 2 is 2.24 bits per heavy atom. The fraction of sp³-hybridized carbons (Fsp3) is 0.812. The van der Waals surface area contributed by atoms with Gasteiger partial charge in [0.25, 0.3) is 0 Å². The first-order valence-electron chi connectivity index (χ1n) is 7.72. The predicted octanol–water partition coefficient (Wildman–Crippen LogP) is 1.23. The number of fused-ring (bicyclic) bond motifs is 1. The lowest BCUT2D eigenvalue weighted by molar-refractivity contribution is -0.225. The van der Waals surface area contributed by atoms with E-state index in [1.54, 1.807) is 0 Å². The molecule has 2 fully saturated rings. The van der Waals surface area contributed by atoms with Crippen LogP contribution in [0.1, 0.15) is 33.6 Å². The zero-order valence-electron chi connectivity index (χ0n) is 13.4. The van der Waals surface area contributed by atoms with Gasteiger partial charge in [-0.25, -0.2) is 0 Å². The zero-order valence-corrected chi connectivity index (χ0v) is 13.4. The van der Waals surface area contributed by atoms with Crippen molar-refractivity contribution in [1.29, 1.82) is 0 Å². The molecule has 2 aliphatic rings. The zero-order chi connectivity index (χ0) is 15.7. The van der Waals surface area contributed by atoms with Crippen LogP contribution in [0, 0.1) is 11.3 Å². The molecule has 1 aliphatic carbocycles. The van der Waals surface area contributed by atoms with Crippen molar-refractivity contribution in [2.45, 2.75) is 45.3 Å². The standard InChI is InChI=1S/C16H28N2O3/c1-11(2)10-20-9-7-18-14(19)16(17)12-6-5-8-21-13(12)15(16,3)4/h12-13H,1,5-10,17H2,2-4H3,(H,18,19). The second-order valence-electron chi connectivity index (χ2n) is 6.90. The van der Waals surface area contributed by atoms with Crippen LogP contribution in [0.4, 0.5) is 0 Å². The van der Waals surface area contributed by atoms with Crippen molar-refractivity contribution in [2.75, 3.05) is 26.4 Å². The van der Waals surface area contributed by atoms with Crippen molar-refractivity contribution in [3.63, 3.8) is 0 Å². The van der Waals surface area contributed by atoms with Gasteiger partial charge >= 0.3 is 0 Å². The Kier molecular flexibility index (Phi) is 4.76. The molecule has 2 rings (SSSR count). The minimum atomic E-state index is -0.841. The van der Waals surface area contributed by atoms with Crippen molar-refractivity contribution in [3.05, 3.63) is 12.2 Å². The van der Waals surface area contributed by atoms with Gasteiger partial charge in [-0.3, -0.25) is 4.79 Å². The third-order valence-corrected chi connectivity index (χ3v) is 4.94. The molecule has 3 unspecified atom stereocenters. The Bertz CT molecular complexity index is 422. The Balaban J connectivity index is 1.87. The third-order valence-electron chi connectivity index (χ3n) is 4.94. The van der Waals surface area contributed by atoms with Gasteiger partial charge in [-0.1, -0.05) is 26.0 Å². The van der Waals surface area contributed by atoms with Gasteiger partial charge < -0.3 is 20.5 Å². The van der Waals surface area contributed by atoms with E-state index in [4.69, 9.17) is 15.2 Å². The SMILES string of the molecule is C=C(C)COCCNC(=O)C1(N)C2CCCOC2C1(C)C. The maximum absolute atomic E-state index is 12.5. The van der Waals surface area contributed by atoms with E-state index in [0.717, 1.165) is 25.0 Å². The minimum Gasteiger partial charge on any atom is -0.377 e. The van der Waals surface area contributed by atoms with Gasteiger partial charge in [-0.05, 0) is 19.8 Å². The average Bonchev–Trinajstić information content (AvgIpc) is 2.45. The number of carbonyl (C=O) groups is 1. The number of nitrogens with one attached hydrogen (secondary N) is 1. The number of nitrogens with two attached hydrogens (primary N) is 1. The summed E-state index contributed by atoms with van der Waals surface area (Å²) in [6, 6.07) is 0. The largest absolute Gasteiger partial charge is 0.377 e. The highest BCUT2D eigenvalue weighted by molar-refractivity contribution is 5.89. The van der Waals surface area contributed by atoms with E-state index in [0.29, 0.717) is 19.8 Å². The van der Waals surface area contributed by atoms with Crippen molar-refractivity contribution >= 4 is 5.91 Å². The van der Waals surface area contributed by atoms with Crippen molar-refractivity contribution in [3.8, 4) is 0 Å². The average molecular weight is 296 g/mol. The maximum Gasteiger partial charge on any atom is 0.241 e. The molecule has 5 nitrogen and oxygen atoms in total. The summed E-state index contributed by atoms with van der Waals surface area (Å²) in [5.41, 5.74) is 6.29.